The second-order valence-corrected chi connectivity index (χ2v) is 8.40. The summed E-state index contributed by atoms with van der Waals surface area (Å²) < 4.78 is 5.86. The molecular weight excluding hydrogens is 410 g/mol. The zero-order valence-corrected chi connectivity index (χ0v) is 19.9. The van der Waals surface area contributed by atoms with E-state index in [1.807, 2.05) is 67.6 Å². The van der Waals surface area contributed by atoms with Crippen LogP contribution < -0.4 is 15.4 Å². The van der Waals surface area contributed by atoms with Crippen LogP contribution in [0.2, 0.25) is 0 Å². The van der Waals surface area contributed by atoms with Crippen LogP contribution in [0.3, 0.4) is 0 Å². The highest BCUT2D eigenvalue weighted by molar-refractivity contribution is 5.95. The minimum atomic E-state index is -0.0278. The molecule has 1 atom stereocenters. The molecular formula is C28H35N3O2. The molecule has 1 unspecified atom stereocenters. The molecule has 0 aliphatic heterocycles. The molecule has 33 heavy (non-hydrogen) atoms. The van der Waals surface area contributed by atoms with Gasteiger partial charge in [0.2, 0.25) is 0 Å². The Hall–Kier alpha value is -3.34. The highest BCUT2D eigenvalue weighted by atomic mass is 16.5. The van der Waals surface area contributed by atoms with Crippen molar-refractivity contribution >= 4 is 17.3 Å². The van der Waals surface area contributed by atoms with E-state index in [2.05, 4.69) is 29.5 Å². The van der Waals surface area contributed by atoms with Gasteiger partial charge in [-0.1, -0.05) is 45.2 Å². The number of carbonyl (C=O) groups excluding carboxylic acids is 1. The van der Waals surface area contributed by atoms with Crippen molar-refractivity contribution in [2.24, 2.45) is 5.92 Å². The van der Waals surface area contributed by atoms with Gasteiger partial charge in [-0.05, 0) is 73.4 Å². The number of aromatic nitrogens is 1. The summed E-state index contributed by atoms with van der Waals surface area (Å²) in [4.78, 5) is 16.9. The second-order valence-electron chi connectivity index (χ2n) is 8.40. The van der Waals surface area contributed by atoms with E-state index in [1.165, 1.54) is 12.8 Å². The van der Waals surface area contributed by atoms with Crippen LogP contribution >= 0.6 is 0 Å². The average molecular weight is 446 g/mol. The first-order chi connectivity index (χ1) is 16.1. The van der Waals surface area contributed by atoms with Crippen LogP contribution in [0.15, 0.2) is 66.9 Å². The molecule has 2 aromatic carbocycles. The van der Waals surface area contributed by atoms with Gasteiger partial charge in [0.1, 0.15) is 12.4 Å². The minimum absolute atomic E-state index is 0.0278. The maximum Gasteiger partial charge on any atom is 0.251 e. The summed E-state index contributed by atoms with van der Waals surface area (Å²) in [6.45, 7) is 7.62. The van der Waals surface area contributed by atoms with Gasteiger partial charge in [0.05, 0.1) is 5.69 Å². The van der Waals surface area contributed by atoms with Gasteiger partial charge in [-0.25, -0.2) is 0 Å². The van der Waals surface area contributed by atoms with Crippen molar-refractivity contribution in [2.45, 2.75) is 53.1 Å². The lowest BCUT2D eigenvalue weighted by molar-refractivity contribution is 0.0951. The molecule has 0 saturated heterocycles. The normalized spacial score (nSPS) is 11.6. The van der Waals surface area contributed by atoms with Crippen molar-refractivity contribution in [1.29, 1.82) is 0 Å². The van der Waals surface area contributed by atoms with Crippen molar-refractivity contribution in [2.75, 3.05) is 11.9 Å². The van der Waals surface area contributed by atoms with Crippen LogP contribution in [0.4, 0.5) is 11.4 Å². The highest BCUT2D eigenvalue weighted by Gasteiger charge is 2.10. The third-order valence-corrected chi connectivity index (χ3v) is 5.83. The van der Waals surface area contributed by atoms with E-state index in [9.17, 15) is 4.79 Å². The van der Waals surface area contributed by atoms with Gasteiger partial charge < -0.3 is 15.4 Å². The van der Waals surface area contributed by atoms with Gasteiger partial charge in [-0.3, -0.25) is 9.78 Å². The lowest BCUT2D eigenvalue weighted by Crippen LogP contribution is -2.26. The van der Waals surface area contributed by atoms with Gasteiger partial charge >= 0.3 is 0 Å². The molecule has 0 saturated carbocycles. The molecule has 1 heterocycles. The number of benzene rings is 2. The highest BCUT2D eigenvalue weighted by Crippen LogP contribution is 2.25. The zero-order chi connectivity index (χ0) is 23.5. The number of nitrogens with one attached hydrogen (secondary N) is 2. The predicted octanol–water partition coefficient (Wildman–Crippen LogP) is 6.66. The Morgan fingerprint density at radius 1 is 1.03 bits per heavy atom. The van der Waals surface area contributed by atoms with Gasteiger partial charge in [0, 0.05) is 29.7 Å². The van der Waals surface area contributed by atoms with Crippen molar-refractivity contribution in [3.63, 3.8) is 0 Å². The van der Waals surface area contributed by atoms with Crippen LogP contribution in [0.1, 0.15) is 61.1 Å². The minimum Gasteiger partial charge on any atom is -0.487 e. The second kappa shape index (κ2) is 12.6. The Labute approximate surface area is 197 Å². The molecule has 5 heteroatoms. The predicted molar refractivity (Wildman–Crippen MR) is 135 cm³/mol. The molecule has 3 aromatic rings. The monoisotopic (exact) mass is 445 g/mol. The lowest BCUT2D eigenvalue weighted by atomic mass is 9.97. The molecule has 174 valence electrons. The third kappa shape index (κ3) is 7.63. The van der Waals surface area contributed by atoms with Crippen LogP contribution in [0.25, 0.3) is 0 Å². The summed E-state index contributed by atoms with van der Waals surface area (Å²) in [6, 6.07) is 19.3. The van der Waals surface area contributed by atoms with E-state index in [1.54, 1.807) is 6.20 Å². The van der Waals surface area contributed by atoms with Crippen molar-refractivity contribution in [3.8, 4) is 5.75 Å². The first-order valence-corrected chi connectivity index (χ1v) is 11.9. The van der Waals surface area contributed by atoms with Crippen molar-refractivity contribution in [1.82, 2.24) is 10.3 Å². The topological polar surface area (TPSA) is 63.2 Å². The van der Waals surface area contributed by atoms with Crippen LogP contribution in [-0.2, 0) is 6.61 Å². The van der Waals surface area contributed by atoms with E-state index < -0.39 is 0 Å². The largest absolute Gasteiger partial charge is 0.487 e. The summed E-state index contributed by atoms with van der Waals surface area (Å²) in [6.07, 6.45) is 6.37. The molecule has 1 amide bonds. The Morgan fingerprint density at radius 2 is 1.91 bits per heavy atom. The summed E-state index contributed by atoms with van der Waals surface area (Å²) in [7, 11) is 0. The number of amides is 1. The maximum atomic E-state index is 12.6. The molecule has 5 nitrogen and oxygen atoms in total. The first-order valence-electron chi connectivity index (χ1n) is 11.9. The summed E-state index contributed by atoms with van der Waals surface area (Å²) in [5.41, 5.74) is 4.47. The molecule has 0 bridgehead atoms. The lowest BCUT2D eigenvalue weighted by Gasteiger charge is -2.15. The number of pyridine rings is 1. The maximum absolute atomic E-state index is 12.6. The fourth-order valence-corrected chi connectivity index (χ4v) is 3.85. The quantitative estimate of drug-likeness (QED) is 0.327. The number of carbonyl (C=O) groups is 1. The van der Waals surface area contributed by atoms with Crippen LogP contribution in [0.5, 0.6) is 5.75 Å². The van der Waals surface area contributed by atoms with Gasteiger partial charge in [-0.2, -0.15) is 0 Å². The molecule has 1 aromatic heterocycles. The SMILES string of the molecule is CCCC(CC)CCNC(=O)c1cccc(Nc2ccc(OCc3ccccn3)cc2C)c1. The van der Waals surface area contributed by atoms with E-state index >= 15 is 0 Å². The first kappa shape index (κ1) is 24.3. The number of rotatable bonds is 12. The average Bonchev–Trinajstić information content (AvgIpc) is 2.84. The summed E-state index contributed by atoms with van der Waals surface area (Å²) in [5, 5.41) is 6.49. The summed E-state index contributed by atoms with van der Waals surface area (Å²) in [5.74, 6) is 1.45. The number of hydrogen-bond acceptors (Lipinski definition) is 4. The van der Waals surface area contributed by atoms with Crippen molar-refractivity contribution in [3.05, 3.63) is 83.7 Å². The zero-order valence-electron chi connectivity index (χ0n) is 19.9. The number of nitrogens with zero attached hydrogens (tertiary/aromatic N) is 1. The van der Waals surface area contributed by atoms with E-state index in [-0.39, 0.29) is 5.91 Å². The molecule has 2 N–H and O–H groups in total. The fourth-order valence-electron chi connectivity index (χ4n) is 3.85. The Bertz CT molecular complexity index is 1020. The number of hydrogen-bond donors (Lipinski definition) is 2. The number of ether oxygens (including phenoxy) is 1. The molecule has 0 spiro atoms. The summed E-state index contributed by atoms with van der Waals surface area (Å²) >= 11 is 0. The van der Waals surface area contributed by atoms with Crippen LogP contribution in [0, 0.1) is 12.8 Å². The molecule has 0 aliphatic rings. The van der Waals surface area contributed by atoms with Gasteiger partial charge in [0.15, 0.2) is 0 Å². The van der Waals surface area contributed by atoms with E-state index in [0.717, 1.165) is 41.2 Å². The molecule has 0 radical (unpaired) electrons. The standard InChI is InChI=1S/C28H35N3O2/c1-4-9-22(5-2)15-17-30-28(32)23-10-8-12-24(19-23)31-27-14-13-26(18-21(27)3)33-20-25-11-6-7-16-29-25/h6-8,10-14,16,18-19,22,31H,4-5,9,15,17,20H2,1-3H3,(H,30,32). The number of aryl methyl sites for hydroxylation is 1. The Balaban J connectivity index is 1.56. The Kier molecular flexibility index (Phi) is 9.31. The van der Waals surface area contributed by atoms with Crippen molar-refractivity contribution < 1.29 is 9.53 Å². The third-order valence-electron chi connectivity index (χ3n) is 5.83. The fraction of sp³-hybridized carbons (Fsp3) is 0.357. The van der Waals surface area contributed by atoms with E-state index in [0.29, 0.717) is 24.6 Å². The Morgan fingerprint density at radius 3 is 2.64 bits per heavy atom. The van der Waals surface area contributed by atoms with Crippen LogP contribution in [-0.4, -0.2) is 17.4 Å². The van der Waals surface area contributed by atoms with Gasteiger partial charge in [0.25, 0.3) is 5.91 Å². The molecule has 3 rings (SSSR count). The smallest absolute Gasteiger partial charge is 0.251 e. The number of anilines is 2. The molecule has 0 aliphatic carbocycles. The van der Waals surface area contributed by atoms with E-state index in [4.69, 9.17) is 4.74 Å². The van der Waals surface area contributed by atoms with Gasteiger partial charge in [-0.15, -0.1) is 0 Å². The molecule has 0 fully saturated rings.